The van der Waals surface area contributed by atoms with E-state index in [0.29, 0.717) is 17.0 Å². The summed E-state index contributed by atoms with van der Waals surface area (Å²) in [5, 5.41) is 3.10. The van der Waals surface area contributed by atoms with Crippen molar-refractivity contribution in [2.75, 3.05) is 17.7 Å². The second-order valence-corrected chi connectivity index (χ2v) is 8.33. The van der Waals surface area contributed by atoms with E-state index in [9.17, 15) is 19.2 Å². The molecule has 11 nitrogen and oxygen atoms in total. The average Bonchev–Trinajstić information content (AvgIpc) is 3.40. The zero-order valence-electron chi connectivity index (χ0n) is 19.1. The maximum absolute atomic E-state index is 12.9. The molecule has 0 unspecified atom stereocenters. The molecule has 0 saturated carbocycles. The smallest absolute Gasteiger partial charge is 0.338 e. The highest BCUT2D eigenvalue weighted by atomic mass is 32.2. The second kappa shape index (κ2) is 9.97. The first-order chi connectivity index (χ1) is 16.8. The Balaban J connectivity index is 1.61. The van der Waals surface area contributed by atoms with Gasteiger partial charge in [0.25, 0.3) is 5.56 Å². The third-order valence-electron chi connectivity index (χ3n) is 5.03. The number of thioether (sulfide) groups is 1. The van der Waals surface area contributed by atoms with Gasteiger partial charge in [-0.2, -0.15) is 0 Å². The normalized spacial score (nSPS) is 10.9. The molecule has 3 aromatic heterocycles. The summed E-state index contributed by atoms with van der Waals surface area (Å²) in [4.78, 5) is 58.5. The molecule has 0 spiro atoms. The van der Waals surface area contributed by atoms with Crippen molar-refractivity contribution in [1.82, 2.24) is 19.1 Å². The van der Waals surface area contributed by atoms with Gasteiger partial charge >= 0.3 is 11.7 Å². The highest BCUT2D eigenvalue weighted by Gasteiger charge is 2.20. The van der Waals surface area contributed by atoms with E-state index in [2.05, 4.69) is 15.3 Å². The zero-order valence-corrected chi connectivity index (χ0v) is 19.9. The fraction of sp³-hybridized carbons (Fsp3) is 0.217. The number of carbonyl (C=O) groups excluding carboxylic acids is 2. The lowest BCUT2D eigenvalue weighted by atomic mass is 10.2. The summed E-state index contributed by atoms with van der Waals surface area (Å²) in [5.74, 6) is -0.335. The Bertz CT molecular complexity index is 1520. The Morgan fingerprint density at radius 2 is 1.83 bits per heavy atom. The van der Waals surface area contributed by atoms with Crippen molar-refractivity contribution in [1.29, 1.82) is 0 Å². The van der Waals surface area contributed by atoms with Crippen molar-refractivity contribution in [3.63, 3.8) is 0 Å². The molecule has 0 aliphatic carbocycles. The van der Waals surface area contributed by atoms with Gasteiger partial charge in [0.2, 0.25) is 5.91 Å². The minimum absolute atomic E-state index is 0.0741. The SMILES string of the molecule is CCOC(=O)c1ccc(NC(=O)CSc2nc(-c3ccco3)nc3c2c(=O)n(C)c(=O)n3C)cc1. The molecule has 0 radical (unpaired) electrons. The maximum atomic E-state index is 12.9. The molecule has 1 N–H and O–H groups in total. The van der Waals surface area contributed by atoms with Crippen molar-refractivity contribution in [3.8, 4) is 11.6 Å². The molecular formula is C23H21N5O6S. The standard InChI is InChI=1S/C23H21N5O6S/c1-4-33-22(31)13-7-9-14(10-8-13)24-16(29)12-35-20-17-19(27(2)23(32)28(3)21(17)30)25-18(26-20)15-6-5-11-34-15/h5-11H,4,12H2,1-3H3,(H,24,29). The number of aromatic nitrogens is 4. The molecule has 0 aliphatic heterocycles. The zero-order chi connectivity index (χ0) is 25.1. The van der Waals surface area contributed by atoms with Crippen LogP contribution in [-0.4, -0.2) is 43.3 Å². The number of hydrogen-bond acceptors (Lipinski definition) is 9. The van der Waals surface area contributed by atoms with Gasteiger partial charge in [-0.3, -0.25) is 18.7 Å². The van der Waals surface area contributed by atoms with E-state index in [0.717, 1.165) is 16.3 Å². The summed E-state index contributed by atoms with van der Waals surface area (Å²) in [5.41, 5.74) is -0.0977. The number of furan rings is 1. The summed E-state index contributed by atoms with van der Waals surface area (Å²) in [6, 6.07) is 9.61. The summed E-state index contributed by atoms with van der Waals surface area (Å²) >= 11 is 1.03. The van der Waals surface area contributed by atoms with Gasteiger partial charge in [-0.05, 0) is 43.3 Å². The molecule has 180 valence electrons. The number of nitrogens with one attached hydrogen (secondary N) is 1. The van der Waals surface area contributed by atoms with Gasteiger partial charge < -0.3 is 14.5 Å². The van der Waals surface area contributed by atoms with Gasteiger partial charge in [-0.15, -0.1) is 0 Å². The summed E-state index contributed by atoms with van der Waals surface area (Å²) in [6.45, 7) is 1.99. The van der Waals surface area contributed by atoms with E-state index in [1.54, 1.807) is 43.3 Å². The Kier molecular flexibility index (Phi) is 6.82. The van der Waals surface area contributed by atoms with Crippen molar-refractivity contribution in [3.05, 3.63) is 69.1 Å². The number of hydrogen-bond donors (Lipinski definition) is 1. The maximum Gasteiger partial charge on any atom is 0.338 e. The molecule has 4 aromatic rings. The van der Waals surface area contributed by atoms with Crippen LogP contribution in [0.5, 0.6) is 0 Å². The van der Waals surface area contributed by atoms with E-state index >= 15 is 0 Å². The first kappa shape index (κ1) is 24.0. The van der Waals surface area contributed by atoms with E-state index in [1.807, 2.05) is 0 Å². The molecule has 0 atom stereocenters. The van der Waals surface area contributed by atoms with Crippen molar-refractivity contribution in [2.24, 2.45) is 14.1 Å². The molecule has 1 amide bonds. The Morgan fingerprint density at radius 3 is 2.49 bits per heavy atom. The average molecular weight is 496 g/mol. The fourth-order valence-electron chi connectivity index (χ4n) is 3.28. The highest BCUT2D eigenvalue weighted by Crippen LogP contribution is 2.26. The van der Waals surface area contributed by atoms with Crippen molar-refractivity contribution in [2.45, 2.75) is 11.9 Å². The van der Waals surface area contributed by atoms with E-state index in [1.165, 1.54) is 24.9 Å². The lowest BCUT2D eigenvalue weighted by Crippen LogP contribution is -2.37. The third-order valence-corrected chi connectivity index (χ3v) is 6.00. The first-order valence-electron chi connectivity index (χ1n) is 10.5. The second-order valence-electron chi connectivity index (χ2n) is 7.37. The monoisotopic (exact) mass is 495 g/mol. The summed E-state index contributed by atoms with van der Waals surface area (Å²) < 4.78 is 12.5. The van der Waals surface area contributed by atoms with Crippen LogP contribution < -0.4 is 16.6 Å². The van der Waals surface area contributed by atoms with Crippen LogP contribution in [0.15, 0.2) is 61.7 Å². The van der Waals surface area contributed by atoms with Crippen LogP contribution >= 0.6 is 11.8 Å². The topological polar surface area (TPSA) is 138 Å². The highest BCUT2D eigenvalue weighted by molar-refractivity contribution is 8.00. The number of ether oxygens (including phenoxy) is 1. The predicted octanol–water partition coefficient (Wildman–Crippen LogP) is 2.19. The number of carbonyl (C=O) groups is 2. The largest absolute Gasteiger partial charge is 0.462 e. The van der Waals surface area contributed by atoms with Gasteiger partial charge in [0.05, 0.1) is 24.2 Å². The molecule has 0 aliphatic rings. The number of anilines is 1. The summed E-state index contributed by atoms with van der Waals surface area (Å²) in [6.07, 6.45) is 1.46. The molecule has 0 saturated heterocycles. The molecule has 3 heterocycles. The molecule has 0 fully saturated rings. The van der Waals surface area contributed by atoms with Crippen LogP contribution in [0.4, 0.5) is 5.69 Å². The minimum Gasteiger partial charge on any atom is -0.462 e. The number of nitrogens with zero attached hydrogens (tertiary/aromatic N) is 4. The van der Waals surface area contributed by atoms with Crippen LogP contribution in [0.25, 0.3) is 22.6 Å². The number of aryl methyl sites for hydroxylation is 1. The van der Waals surface area contributed by atoms with Crippen LogP contribution in [0, 0.1) is 0 Å². The van der Waals surface area contributed by atoms with Gasteiger partial charge in [0.1, 0.15) is 10.4 Å². The molecular weight excluding hydrogens is 474 g/mol. The lowest BCUT2D eigenvalue weighted by Gasteiger charge is -2.11. The number of amides is 1. The number of rotatable bonds is 7. The van der Waals surface area contributed by atoms with Crippen molar-refractivity contribution >= 4 is 40.4 Å². The molecule has 35 heavy (non-hydrogen) atoms. The van der Waals surface area contributed by atoms with Gasteiger partial charge in [0, 0.05) is 19.8 Å². The van der Waals surface area contributed by atoms with Crippen LogP contribution in [0.3, 0.4) is 0 Å². The number of fused-ring (bicyclic) bond motifs is 1. The molecule has 4 rings (SSSR count). The van der Waals surface area contributed by atoms with Crippen LogP contribution in [-0.2, 0) is 23.6 Å². The van der Waals surface area contributed by atoms with Crippen LogP contribution in [0.2, 0.25) is 0 Å². The van der Waals surface area contributed by atoms with Gasteiger partial charge in [-0.1, -0.05) is 11.8 Å². The minimum atomic E-state index is -0.563. The quantitative estimate of drug-likeness (QED) is 0.232. The Hall–Kier alpha value is -4.19. The predicted molar refractivity (Wildman–Crippen MR) is 129 cm³/mol. The third kappa shape index (κ3) is 4.87. The number of esters is 1. The Morgan fingerprint density at radius 1 is 1.09 bits per heavy atom. The first-order valence-corrected chi connectivity index (χ1v) is 11.5. The summed E-state index contributed by atoms with van der Waals surface area (Å²) in [7, 11) is 2.87. The van der Waals surface area contributed by atoms with Crippen LogP contribution in [0.1, 0.15) is 17.3 Å². The van der Waals surface area contributed by atoms with E-state index in [-0.39, 0.29) is 40.2 Å². The fourth-order valence-corrected chi connectivity index (χ4v) is 4.10. The van der Waals surface area contributed by atoms with Gasteiger partial charge in [0.15, 0.2) is 17.2 Å². The number of benzene rings is 1. The molecule has 1 aromatic carbocycles. The lowest BCUT2D eigenvalue weighted by molar-refractivity contribution is -0.113. The Labute approximate surface area is 202 Å². The van der Waals surface area contributed by atoms with E-state index < -0.39 is 17.2 Å². The molecule has 12 heteroatoms. The van der Waals surface area contributed by atoms with E-state index in [4.69, 9.17) is 9.15 Å². The van der Waals surface area contributed by atoms with Crippen molar-refractivity contribution < 1.29 is 18.7 Å². The van der Waals surface area contributed by atoms with Gasteiger partial charge in [-0.25, -0.2) is 19.6 Å². The molecule has 0 bridgehead atoms.